The second-order valence-corrected chi connectivity index (χ2v) is 4.51. The van der Waals surface area contributed by atoms with E-state index in [4.69, 9.17) is 5.84 Å². The Bertz CT molecular complexity index is 299. The highest BCUT2D eigenvalue weighted by molar-refractivity contribution is 9.10. The molecule has 7 heteroatoms. The summed E-state index contributed by atoms with van der Waals surface area (Å²) in [5.74, 6) is 4.84. The first-order chi connectivity index (χ1) is 6.45. The van der Waals surface area contributed by atoms with Gasteiger partial charge in [-0.05, 0) is 27.4 Å². The molecule has 0 aliphatic carbocycles. The number of nitrogens with one attached hydrogen (secondary N) is 1. The van der Waals surface area contributed by atoms with Gasteiger partial charge in [0.25, 0.3) is 0 Å². The van der Waals surface area contributed by atoms with E-state index in [0.29, 0.717) is 9.35 Å². The molecule has 0 saturated carbocycles. The zero-order valence-corrected chi connectivity index (χ0v) is 9.34. The highest BCUT2D eigenvalue weighted by atomic mass is 79.9. The summed E-state index contributed by atoms with van der Waals surface area (Å²) in [4.78, 5) is 0.630. The molecule has 0 radical (unpaired) electrons. The van der Waals surface area contributed by atoms with E-state index < -0.39 is 12.2 Å². The molecule has 0 aliphatic heterocycles. The summed E-state index contributed by atoms with van der Waals surface area (Å²) in [5, 5.41) is 1.73. The van der Waals surface area contributed by atoms with E-state index in [1.54, 1.807) is 16.9 Å². The Labute approximate surface area is 91.4 Å². The van der Waals surface area contributed by atoms with E-state index in [2.05, 4.69) is 15.9 Å². The molecule has 1 unspecified atom stereocenters. The van der Waals surface area contributed by atoms with Crippen LogP contribution in [0.5, 0.6) is 0 Å². The van der Waals surface area contributed by atoms with Crippen molar-refractivity contribution in [1.29, 1.82) is 0 Å². The maximum atomic E-state index is 12.3. The summed E-state index contributed by atoms with van der Waals surface area (Å²) in [6.45, 7) is 0. The van der Waals surface area contributed by atoms with Crippen molar-refractivity contribution in [1.82, 2.24) is 5.43 Å². The third-order valence-corrected chi connectivity index (χ3v) is 3.63. The third-order valence-electron chi connectivity index (χ3n) is 1.68. The minimum absolute atomic E-state index is 0.155. The fourth-order valence-electron chi connectivity index (χ4n) is 0.925. The minimum Gasteiger partial charge on any atom is -0.271 e. The Morgan fingerprint density at radius 2 is 2.21 bits per heavy atom. The van der Waals surface area contributed by atoms with E-state index >= 15 is 0 Å². The van der Waals surface area contributed by atoms with Crippen LogP contribution < -0.4 is 11.3 Å². The van der Waals surface area contributed by atoms with Gasteiger partial charge in [0, 0.05) is 15.8 Å². The van der Waals surface area contributed by atoms with Gasteiger partial charge in [-0.25, -0.2) is 5.43 Å². The fraction of sp³-hybridized carbons (Fsp3) is 0.429. The average Bonchev–Trinajstić information content (AvgIpc) is 2.45. The van der Waals surface area contributed by atoms with Gasteiger partial charge in [-0.15, -0.1) is 11.3 Å². The number of alkyl halides is 3. The monoisotopic (exact) mass is 288 g/mol. The molecule has 14 heavy (non-hydrogen) atoms. The molecular formula is C7H8BrF3N2S. The zero-order valence-electron chi connectivity index (χ0n) is 6.94. The number of rotatable bonds is 3. The van der Waals surface area contributed by atoms with Crippen LogP contribution in [-0.4, -0.2) is 12.2 Å². The highest BCUT2D eigenvalue weighted by Crippen LogP contribution is 2.28. The summed E-state index contributed by atoms with van der Waals surface area (Å²) in [5.41, 5.74) is 1.77. The zero-order chi connectivity index (χ0) is 10.8. The Morgan fingerprint density at radius 1 is 1.57 bits per heavy atom. The molecule has 1 atom stereocenters. The number of halogens is 4. The molecule has 0 aromatic carbocycles. The largest absolute Gasteiger partial charge is 0.405 e. The minimum atomic E-state index is -4.32. The first-order valence-electron chi connectivity index (χ1n) is 3.70. The van der Waals surface area contributed by atoms with Crippen molar-refractivity contribution in [2.24, 2.45) is 5.84 Å². The van der Waals surface area contributed by atoms with Crippen LogP contribution in [0, 0.1) is 0 Å². The fourth-order valence-corrected chi connectivity index (χ4v) is 2.49. The van der Waals surface area contributed by atoms with E-state index in [9.17, 15) is 13.2 Å². The molecule has 0 amide bonds. The maximum Gasteiger partial charge on any atom is 0.405 e. The molecule has 0 fully saturated rings. The lowest BCUT2D eigenvalue weighted by Crippen LogP contribution is -2.47. The van der Waals surface area contributed by atoms with E-state index in [0.717, 1.165) is 0 Å². The van der Waals surface area contributed by atoms with Gasteiger partial charge in [0.15, 0.2) is 0 Å². The van der Waals surface area contributed by atoms with Crippen molar-refractivity contribution < 1.29 is 13.2 Å². The maximum absolute atomic E-state index is 12.3. The normalized spacial score (nSPS) is 14.4. The lowest BCUT2D eigenvalue weighted by Gasteiger charge is -2.18. The van der Waals surface area contributed by atoms with Gasteiger partial charge in [-0.1, -0.05) is 0 Å². The van der Waals surface area contributed by atoms with Crippen molar-refractivity contribution in [3.05, 3.63) is 20.8 Å². The van der Waals surface area contributed by atoms with Crippen LogP contribution in [0.3, 0.4) is 0 Å². The van der Waals surface area contributed by atoms with Crippen molar-refractivity contribution in [3.63, 3.8) is 0 Å². The molecule has 2 nitrogen and oxygen atoms in total. The number of nitrogens with two attached hydrogens (primary N) is 1. The van der Waals surface area contributed by atoms with Crippen LogP contribution >= 0.6 is 27.3 Å². The summed E-state index contributed by atoms with van der Waals surface area (Å²) in [6, 6.07) is 0.0154. The molecule has 80 valence electrons. The van der Waals surface area contributed by atoms with Gasteiger partial charge < -0.3 is 0 Å². The van der Waals surface area contributed by atoms with Crippen LogP contribution in [0.1, 0.15) is 4.88 Å². The molecule has 0 spiro atoms. The molecule has 0 saturated heterocycles. The summed E-state index contributed by atoms with van der Waals surface area (Å²) in [6.07, 6.45) is -4.48. The van der Waals surface area contributed by atoms with Crippen LogP contribution in [0.4, 0.5) is 13.2 Å². The quantitative estimate of drug-likeness (QED) is 0.662. The van der Waals surface area contributed by atoms with Crippen molar-refractivity contribution >= 4 is 27.3 Å². The van der Waals surface area contributed by atoms with Crippen molar-refractivity contribution in [2.45, 2.75) is 18.6 Å². The van der Waals surface area contributed by atoms with Crippen LogP contribution in [0.2, 0.25) is 0 Å². The smallest absolute Gasteiger partial charge is 0.271 e. The Hall–Kier alpha value is -0.110. The predicted octanol–water partition coefficient (Wildman–Crippen LogP) is 2.45. The Balaban J connectivity index is 2.71. The number of hydrogen-bond acceptors (Lipinski definition) is 3. The Morgan fingerprint density at radius 3 is 2.57 bits per heavy atom. The first kappa shape index (κ1) is 12.0. The second kappa shape index (κ2) is 4.61. The second-order valence-electron chi connectivity index (χ2n) is 2.66. The summed E-state index contributed by atoms with van der Waals surface area (Å²) in [7, 11) is 0. The van der Waals surface area contributed by atoms with Gasteiger partial charge in [-0.3, -0.25) is 5.84 Å². The highest BCUT2D eigenvalue weighted by Gasteiger charge is 2.39. The van der Waals surface area contributed by atoms with E-state index in [-0.39, 0.29) is 6.42 Å². The first-order valence-corrected chi connectivity index (χ1v) is 5.37. The number of hydrogen-bond donors (Lipinski definition) is 2. The van der Waals surface area contributed by atoms with Crippen LogP contribution in [0.15, 0.2) is 15.9 Å². The standard InChI is InChI=1S/C7H8BrF3N2S/c8-4-1-2-14-5(4)3-6(13-12)7(9,10)11/h1-2,6,13H,3,12H2. The van der Waals surface area contributed by atoms with Gasteiger partial charge in [0.05, 0.1) is 0 Å². The van der Waals surface area contributed by atoms with E-state index in [1.807, 2.05) is 0 Å². The van der Waals surface area contributed by atoms with Crippen molar-refractivity contribution in [2.75, 3.05) is 0 Å². The topological polar surface area (TPSA) is 38.0 Å². The Kier molecular flexibility index (Phi) is 3.94. The molecule has 1 aromatic heterocycles. The van der Waals surface area contributed by atoms with Gasteiger partial charge in [0.1, 0.15) is 6.04 Å². The molecule has 1 aromatic rings. The van der Waals surface area contributed by atoms with Gasteiger partial charge in [-0.2, -0.15) is 13.2 Å². The van der Waals surface area contributed by atoms with Crippen LogP contribution in [-0.2, 0) is 6.42 Å². The average molecular weight is 289 g/mol. The molecule has 1 heterocycles. The van der Waals surface area contributed by atoms with Gasteiger partial charge >= 0.3 is 6.18 Å². The molecule has 3 N–H and O–H groups in total. The van der Waals surface area contributed by atoms with E-state index in [1.165, 1.54) is 11.3 Å². The third kappa shape index (κ3) is 2.94. The molecule has 0 bridgehead atoms. The number of hydrazine groups is 1. The molecule has 0 aliphatic rings. The summed E-state index contributed by atoms with van der Waals surface area (Å²) < 4.78 is 37.6. The van der Waals surface area contributed by atoms with Crippen molar-refractivity contribution in [3.8, 4) is 0 Å². The predicted molar refractivity (Wildman–Crippen MR) is 52.9 cm³/mol. The molecule has 1 rings (SSSR count). The van der Waals surface area contributed by atoms with Gasteiger partial charge in [0.2, 0.25) is 0 Å². The molecular weight excluding hydrogens is 281 g/mol. The van der Waals surface area contributed by atoms with Crippen LogP contribution in [0.25, 0.3) is 0 Å². The SMILES string of the molecule is NNC(Cc1sccc1Br)C(F)(F)F. The lowest BCUT2D eigenvalue weighted by molar-refractivity contribution is -0.155. The lowest BCUT2D eigenvalue weighted by atomic mass is 10.2. The number of thiophene rings is 1. The summed E-state index contributed by atoms with van der Waals surface area (Å²) >= 11 is 4.43.